The van der Waals surface area contributed by atoms with E-state index < -0.39 is 24.4 Å². The van der Waals surface area contributed by atoms with Crippen LogP contribution < -0.4 is 0 Å². The molecule has 1 atom stereocenters. The first kappa shape index (κ1) is 17.7. The summed E-state index contributed by atoms with van der Waals surface area (Å²) in [7, 11) is 0. The summed E-state index contributed by atoms with van der Waals surface area (Å²) in [6.07, 6.45) is 0.376. The van der Waals surface area contributed by atoms with E-state index in [0.717, 1.165) is 10.7 Å². The van der Waals surface area contributed by atoms with Crippen molar-refractivity contribution < 1.29 is 19.8 Å². The molecule has 0 radical (unpaired) electrons. The number of carboxylic acid groups (broad SMARTS) is 2. The summed E-state index contributed by atoms with van der Waals surface area (Å²) in [6.45, 7) is 1.01. The highest BCUT2D eigenvalue weighted by molar-refractivity contribution is 8.22. The smallest absolute Gasteiger partial charge is 0.321 e. The molecule has 6 nitrogen and oxygen atoms in total. The fraction of sp³-hybridized carbons (Fsp3) is 0.400. The highest BCUT2D eigenvalue weighted by atomic mass is 32.2. The summed E-state index contributed by atoms with van der Waals surface area (Å²) in [5.41, 5.74) is 1.18. The van der Waals surface area contributed by atoms with E-state index in [-0.39, 0.29) is 0 Å². The summed E-state index contributed by atoms with van der Waals surface area (Å²) in [5, 5.41) is 18.2. The van der Waals surface area contributed by atoms with Crippen LogP contribution in [0.15, 0.2) is 30.3 Å². The minimum absolute atomic E-state index is 0.336. The van der Waals surface area contributed by atoms with Crippen LogP contribution in [-0.4, -0.2) is 61.4 Å². The molecule has 1 aromatic carbocycles. The van der Waals surface area contributed by atoms with Crippen molar-refractivity contribution in [2.45, 2.75) is 18.9 Å². The van der Waals surface area contributed by atoms with Crippen molar-refractivity contribution in [3.05, 3.63) is 35.9 Å². The number of rotatable bonds is 7. The van der Waals surface area contributed by atoms with E-state index in [9.17, 15) is 14.7 Å². The molecule has 1 heterocycles. The van der Waals surface area contributed by atoms with Gasteiger partial charge in [0.2, 0.25) is 0 Å². The van der Waals surface area contributed by atoms with Gasteiger partial charge in [-0.05, 0) is 12.0 Å². The van der Waals surface area contributed by atoms with Gasteiger partial charge in [-0.2, -0.15) is 0 Å². The van der Waals surface area contributed by atoms with Gasteiger partial charge in [0, 0.05) is 6.54 Å². The van der Waals surface area contributed by atoms with Gasteiger partial charge in [0.15, 0.2) is 0 Å². The van der Waals surface area contributed by atoms with E-state index in [4.69, 9.17) is 17.3 Å². The van der Waals surface area contributed by atoms with Crippen molar-refractivity contribution in [2.75, 3.05) is 19.1 Å². The normalized spacial score (nSPS) is 17.0. The predicted molar refractivity (Wildman–Crippen MR) is 92.3 cm³/mol. The lowest BCUT2D eigenvalue weighted by molar-refractivity contribution is -0.150. The van der Waals surface area contributed by atoms with Crippen molar-refractivity contribution in [3.63, 3.8) is 0 Å². The van der Waals surface area contributed by atoms with Gasteiger partial charge in [-0.3, -0.25) is 14.5 Å². The van der Waals surface area contributed by atoms with Gasteiger partial charge >= 0.3 is 11.9 Å². The maximum absolute atomic E-state index is 11.3. The molecule has 23 heavy (non-hydrogen) atoms. The predicted octanol–water partition coefficient (Wildman–Crippen LogP) is 1.71. The summed E-state index contributed by atoms with van der Waals surface area (Å²) < 4.78 is 0.719. The molecule has 1 unspecified atom stereocenters. The SMILES string of the molecule is O=C(O)CC(C(=O)O)N1CSC(=S)N(CCc2ccccc2)C1. The van der Waals surface area contributed by atoms with Crippen LogP contribution in [0, 0.1) is 0 Å². The molecule has 8 heteroatoms. The van der Waals surface area contributed by atoms with E-state index in [1.54, 1.807) is 4.90 Å². The summed E-state index contributed by atoms with van der Waals surface area (Å²) >= 11 is 6.70. The highest BCUT2D eigenvalue weighted by Crippen LogP contribution is 2.22. The second-order valence-electron chi connectivity index (χ2n) is 5.22. The molecule has 124 valence electrons. The number of hydrogen-bond donors (Lipinski definition) is 2. The molecule has 0 spiro atoms. The summed E-state index contributed by atoms with van der Waals surface area (Å²) in [5.74, 6) is -1.85. The van der Waals surface area contributed by atoms with Gasteiger partial charge in [0.25, 0.3) is 0 Å². The Bertz CT molecular complexity index is 582. The maximum atomic E-state index is 11.3. The number of thioether (sulfide) groups is 1. The third-order valence-electron chi connectivity index (χ3n) is 3.57. The highest BCUT2D eigenvalue weighted by Gasteiger charge is 2.32. The molecule has 2 N–H and O–H groups in total. The Labute approximate surface area is 144 Å². The number of thiocarbonyl (C=S) groups is 1. The van der Waals surface area contributed by atoms with Crippen LogP contribution in [0.25, 0.3) is 0 Å². The molecular weight excluding hydrogens is 336 g/mol. The molecule has 1 aliphatic heterocycles. The van der Waals surface area contributed by atoms with Crippen molar-refractivity contribution in [1.82, 2.24) is 9.80 Å². The molecule has 1 fully saturated rings. The number of hydrogen-bond acceptors (Lipinski definition) is 5. The molecule has 0 saturated carbocycles. The van der Waals surface area contributed by atoms with E-state index in [1.165, 1.54) is 17.3 Å². The van der Waals surface area contributed by atoms with Crippen LogP contribution in [0.1, 0.15) is 12.0 Å². The number of aliphatic carboxylic acids is 2. The van der Waals surface area contributed by atoms with Crippen LogP contribution >= 0.6 is 24.0 Å². The average Bonchev–Trinajstić information content (AvgIpc) is 2.52. The Morgan fingerprint density at radius 2 is 1.96 bits per heavy atom. The fourth-order valence-corrected chi connectivity index (χ4v) is 3.52. The maximum Gasteiger partial charge on any atom is 0.321 e. The Hall–Kier alpha value is -1.64. The Balaban J connectivity index is 1.98. The molecule has 0 amide bonds. The first-order valence-electron chi connectivity index (χ1n) is 7.11. The second kappa shape index (κ2) is 8.28. The quantitative estimate of drug-likeness (QED) is 0.716. The number of carbonyl (C=O) groups is 2. The first-order chi connectivity index (χ1) is 11.0. The van der Waals surface area contributed by atoms with Crippen molar-refractivity contribution in [1.29, 1.82) is 0 Å². The largest absolute Gasteiger partial charge is 0.481 e. The fourth-order valence-electron chi connectivity index (χ4n) is 2.34. The number of benzene rings is 1. The minimum Gasteiger partial charge on any atom is -0.481 e. The van der Waals surface area contributed by atoms with Crippen molar-refractivity contribution in [3.8, 4) is 0 Å². The second-order valence-corrected chi connectivity index (χ2v) is 6.80. The Morgan fingerprint density at radius 3 is 2.57 bits per heavy atom. The molecule has 0 bridgehead atoms. The number of nitrogens with zero attached hydrogens (tertiary/aromatic N) is 2. The van der Waals surface area contributed by atoms with Gasteiger partial charge in [-0.25, -0.2) is 0 Å². The zero-order valence-electron chi connectivity index (χ0n) is 12.4. The third kappa shape index (κ3) is 5.19. The average molecular weight is 354 g/mol. The Kier molecular flexibility index (Phi) is 6.37. The molecule has 1 aromatic rings. The first-order valence-corrected chi connectivity index (χ1v) is 8.51. The lowest BCUT2D eigenvalue weighted by Crippen LogP contribution is -2.52. The van der Waals surface area contributed by atoms with Crippen molar-refractivity contribution >= 4 is 40.2 Å². The monoisotopic (exact) mass is 354 g/mol. The summed E-state index contributed by atoms with van der Waals surface area (Å²) in [4.78, 5) is 25.8. The molecule has 0 aliphatic carbocycles. The molecular formula is C15H18N2O4S2. The molecule has 1 aliphatic rings. The zero-order chi connectivity index (χ0) is 16.8. The van der Waals surface area contributed by atoms with Crippen LogP contribution in [0.4, 0.5) is 0 Å². The van der Waals surface area contributed by atoms with Gasteiger partial charge < -0.3 is 15.1 Å². The topological polar surface area (TPSA) is 81.1 Å². The lowest BCUT2D eigenvalue weighted by Gasteiger charge is -2.39. The van der Waals surface area contributed by atoms with Crippen LogP contribution in [0.5, 0.6) is 0 Å². The van der Waals surface area contributed by atoms with E-state index in [2.05, 4.69) is 0 Å². The van der Waals surface area contributed by atoms with E-state index in [1.807, 2.05) is 35.2 Å². The van der Waals surface area contributed by atoms with Crippen LogP contribution in [0.2, 0.25) is 0 Å². The third-order valence-corrected chi connectivity index (χ3v) is 5.15. The minimum atomic E-state index is -1.12. The standard InChI is InChI=1S/C15H18N2O4S2/c18-13(19)8-12(14(20)21)17-9-16(15(22)23-10-17)7-6-11-4-2-1-3-5-11/h1-5,12H,6-10H2,(H,18,19)(H,20,21). The van der Waals surface area contributed by atoms with E-state index >= 15 is 0 Å². The van der Waals surface area contributed by atoms with Crippen LogP contribution in [-0.2, 0) is 16.0 Å². The molecule has 0 aromatic heterocycles. The van der Waals surface area contributed by atoms with Gasteiger partial charge in [-0.1, -0.05) is 54.3 Å². The Morgan fingerprint density at radius 1 is 1.26 bits per heavy atom. The molecule has 2 rings (SSSR count). The lowest BCUT2D eigenvalue weighted by atomic mass is 10.1. The van der Waals surface area contributed by atoms with E-state index in [0.29, 0.717) is 19.1 Å². The zero-order valence-corrected chi connectivity index (χ0v) is 14.1. The van der Waals surface area contributed by atoms with Gasteiger partial charge in [-0.15, -0.1) is 0 Å². The van der Waals surface area contributed by atoms with Crippen molar-refractivity contribution in [2.24, 2.45) is 0 Å². The molecule has 1 saturated heterocycles. The van der Waals surface area contributed by atoms with Gasteiger partial charge in [0.1, 0.15) is 10.4 Å². The number of carboxylic acids is 2. The van der Waals surface area contributed by atoms with Gasteiger partial charge in [0.05, 0.1) is 19.0 Å². The van der Waals surface area contributed by atoms with Crippen LogP contribution in [0.3, 0.4) is 0 Å². The summed E-state index contributed by atoms with van der Waals surface area (Å²) in [6, 6.07) is 8.92.